The van der Waals surface area contributed by atoms with Gasteiger partial charge in [0.2, 0.25) is 5.88 Å². The van der Waals surface area contributed by atoms with E-state index in [2.05, 4.69) is 16.2 Å². The number of aromatic nitrogens is 3. The Hall–Kier alpha value is -2.73. The monoisotopic (exact) mass is 395 g/mol. The van der Waals surface area contributed by atoms with Gasteiger partial charge < -0.3 is 15.6 Å². The summed E-state index contributed by atoms with van der Waals surface area (Å²) in [5, 5.41) is 24.5. The van der Waals surface area contributed by atoms with E-state index in [4.69, 9.17) is 10.5 Å². The first-order valence-electron chi connectivity index (χ1n) is 9.19. The minimum absolute atomic E-state index is 0.136. The number of hydrogen-bond donors (Lipinski definition) is 2. The van der Waals surface area contributed by atoms with Crippen LogP contribution in [0.2, 0.25) is 0 Å². The minimum Gasteiger partial charge on any atom is -0.439 e. The zero-order valence-electron chi connectivity index (χ0n) is 15.5. The number of rotatable bonds is 6. The number of benzene rings is 1. The lowest BCUT2D eigenvalue weighted by atomic mass is 9.83. The average Bonchev–Trinajstić information content (AvgIpc) is 3.27. The molecule has 2 heterocycles. The highest BCUT2D eigenvalue weighted by atomic mass is 32.1. The Labute approximate surface area is 167 Å². The average molecular weight is 395 g/mol. The van der Waals surface area contributed by atoms with Crippen LogP contribution in [0.5, 0.6) is 11.6 Å². The maximum absolute atomic E-state index is 9.96. The molecule has 1 unspecified atom stereocenters. The van der Waals surface area contributed by atoms with Gasteiger partial charge >= 0.3 is 0 Å². The zero-order valence-corrected chi connectivity index (χ0v) is 16.3. The normalized spacial score (nSPS) is 15.1. The van der Waals surface area contributed by atoms with E-state index in [1.807, 2.05) is 19.2 Å². The Morgan fingerprint density at radius 2 is 2.25 bits per heavy atom. The number of ether oxygens (including phenoxy) is 1. The number of thiazole rings is 1. The van der Waals surface area contributed by atoms with Crippen LogP contribution in [0, 0.1) is 11.3 Å². The fourth-order valence-electron chi connectivity index (χ4n) is 3.12. The van der Waals surface area contributed by atoms with Crippen LogP contribution in [0.25, 0.3) is 10.6 Å². The van der Waals surface area contributed by atoms with Gasteiger partial charge in [-0.2, -0.15) is 10.4 Å². The van der Waals surface area contributed by atoms with E-state index in [1.165, 1.54) is 17.8 Å². The van der Waals surface area contributed by atoms with Crippen molar-refractivity contribution in [1.29, 1.82) is 5.26 Å². The van der Waals surface area contributed by atoms with Gasteiger partial charge in [0.25, 0.3) is 0 Å². The standard InChI is InChI=1S/C20H21N5O2S/c1-25-19(8-15(24-25)13-3-2-4-13)27-17-7-12(9-21)5-6-14(17)20-23-11-18(28-20)16(26)10-22/h5-8,11,13,16,26H,2-4,10,22H2,1H3. The Balaban J connectivity index is 1.69. The molecule has 1 saturated carbocycles. The molecule has 0 amide bonds. The second-order valence-electron chi connectivity index (χ2n) is 6.90. The highest BCUT2D eigenvalue weighted by Gasteiger charge is 2.24. The lowest BCUT2D eigenvalue weighted by Gasteiger charge is -2.22. The zero-order chi connectivity index (χ0) is 19.7. The van der Waals surface area contributed by atoms with Gasteiger partial charge in [-0.25, -0.2) is 9.67 Å². The molecule has 0 aliphatic heterocycles. The largest absolute Gasteiger partial charge is 0.439 e. The van der Waals surface area contributed by atoms with Crippen LogP contribution in [0.1, 0.15) is 47.4 Å². The third kappa shape index (κ3) is 3.52. The number of aliphatic hydroxyl groups excluding tert-OH is 1. The molecule has 1 atom stereocenters. The van der Waals surface area contributed by atoms with Crippen LogP contribution in [0.3, 0.4) is 0 Å². The number of nitriles is 1. The van der Waals surface area contributed by atoms with Crippen molar-refractivity contribution in [1.82, 2.24) is 14.8 Å². The van der Waals surface area contributed by atoms with Crippen molar-refractivity contribution in [3.63, 3.8) is 0 Å². The van der Waals surface area contributed by atoms with Crippen LogP contribution in [0.4, 0.5) is 0 Å². The number of aryl methyl sites for hydroxylation is 1. The predicted molar refractivity (Wildman–Crippen MR) is 106 cm³/mol. The molecule has 1 aromatic carbocycles. The van der Waals surface area contributed by atoms with Crippen LogP contribution in [-0.2, 0) is 7.05 Å². The molecule has 2 aromatic heterocycles. The van der Waals surface area contributed by atoms with Crippen molar-refractivity contribution in [2.75, 3.05) is 6.54 Å². The molecule has 144 valence electrons. The van der Waals surface area contributed by atoms with Crippen molar-refractivity contribution in [3.8, 4) is 28.3 Å². The topological polar surface area (TPSA) is 110 Å². The Kier molecular flexibility index (Phi) is 5.13. The van der Waals surface area contributed by atoms with Crippen LogP contribution < -0.4 is 10.5 Å². The van der Waals surface area contributed by atoms with Crippen molar-refractivity contribution in [2.24, 2.45) is 12.8 Å². The molecule has 0 bridgehead atoms. The van der Waals surface area contributed by atoms with E-state index in [0.717, 1.165) is 24.1 Å². The van der Waals surface area contributed by atoms with Gasteiger partial charge in [0, 0.05) is 31.8 Å². The van der Waals surface area contributed by atoms with Gasteiger partial charge in [-0.1, -0.05) is 6.42 Å². The Morgan fingerprint density at radius 1 is 1.43 bits per heavy atom. The molecule has 7 nitrogen and oxygen atoms in total. The third-order valence-corrected chi connectivity index (χ3v) is 6.14. The third-order valence-electron chi connectivity index (χ3n) is 5.01. The molecule has 4 rings (SSSR count). The van der Waals surface area contributed by atoms with Crippen molar-refractivity contribution < 1.29 is 9.84 Å². The fraction of sp³-hybridized carbons (Fsp3) is 0.350. The lowest BCUT2D eigenvalue weighted by molar-refractivity contribution is 0.190. The smallest absolute Gasteiger partial charge is 0.217 e. The van der Waals surface area contributed by atoms with Gasteiger partial charge in [0.05, 0.1) is 27.8 Å². The predicted octanol–water partition coefficient (Wildman–Crippen LogP) is 3.47. The number of aliphatic hydroxyl groups is 1. The van der Waals surface area contributed by atoms with Gasteiger partial charge in [-0.05, 0) is 31.0 Å². The van der Waals surface area contributed by atoms with Crippen molar-refractivity contribution >= 4 is 11.3 Å². The SMILES string of the molecule is Cn1nc(C2CCC2)cc1Oc1cc(C#N)ccc1-c1ncc(C(O)CN)s1. The van der Waals surface area contributed by atoms with E-state index >= 15 is 0 Å². The van der Waals surface area contributed by atoms with E-state index < -0.39 is 6.10 Å². The molecule has 1 aliphatic carbocycles. The molecular weight excluding hydrogens is 374 g/mol. The van der Waals surface area contributed by atoms with Gasteiger partial charge in [-0.3, -0.25) is 0 Å². The lowest BCUT2D eigenvalue weighted by Crippen LogP contribution is -2.09. The Bertz CT molecular complexity index is 1030. The van der Waals surface area contributed by atoms with E-state index in [9.17, 15) is 10.4 Å². The van der Waals surface area contributed by atoms with Crippen molar-refractivity contribution in [3.05, 3.63) is 46.6 Å². The summed E-state index contributed by atoms with van der Waals surface area (Å²) in [6, 6.07) is 9.36. The van der Waals surface area contributed by atoms with E-state index in [0.29, 0.717) is 33.0 Å². The van der Waals surface area contributed by atoms with E-state index in [1.54, 1.807) is 23.0 Å². The molecule has 1 aliphatic rings. The first kappa shape index (κ1) is 18.6. The first-order chi connectivity index (χ1) is 13.6. The second kappa shape index (κ2) is 7.72. The molecule has 1 fully saturated rings. The Morgan fingerprint density at radius 3 is 2.93 bits per heavy atom. The maximum Gasteiger partial charge on any atom is 0.217 e. The van der Waals surface area contributed by atoms with Gasteiger partial charge in [0.15, 0.2) is 0 Å². The highest BCUT2D eigenvalue weighted by Crippen LogP contribution is 2.40. The molecule has 0 spiro atoms. The maximum atomic E-state index is 9.96. The molecule has 3 aromatic rings. The molecular formula is C20H21N5O2S. The van der Waals surface area contributed by atoms with Crippen molar-refractivity contribution in [2.45, 2.75) is 31.3 Å². The van der Waals surface area contributed by atoms with E-state index in [-0.39, 0.29) is 6.54 Å². The first-order valence-corrected chi connectivity index (χ1v) is 10.0. The number of hydrogen-bond acceptors (Lipinski definition) is 7. The van der Waals surface area contributed by atoms with Crippen LogP contribution >= 0.6 is 11.3 Å². The second-order valence-corrected chi connectivity index (χ2v) is 7.97. The summed E-state index contributed by atoms with van der Waals surface area (Å²) in [4.78, 5) is 5.10. The molecule has 3 N–H and O–H groups in total. The minimum atomic E-state index is -0.740. The summed E-state index contributed by atoms with van der Waals surface area (Å²) in [5.41, 5.74) is 7.84. The summed E-state index contributed by atoms with van der Waals surface area (Å²) in [6.07, 6.45) is 4.45. The summed E-state index contributed by atoms with van der Waals surface area (Å²) in [7, 11) is 1.85. The summed E-state index contributed by atoms with van der Waals surface area (Å²) >= 11 is 1.36. The van der Waals surface area contributed by atoms with Crippen LogP contribution in [-0.4, -0.2) is 26.4 Å². The van der Waals surface area contributed by atoms with Crippen LogP contribution in [0.15, 0.2) is 30.5 Å². The molecule has 28 heavy (non-hydrogen) atoms. The highest BCUT2D eigenvalue weighted by molar-refractivity contribution is 7.15. The number of nitrogens with zero attached hydrogens (tertiary/aromatic N) is 4. The summed E-state index contributed by atoms with van der Waals surface area (Å²) in [6.45, 7) is 0.136. The molecule has 0 saturated heterocycles. The molecule has 8 heteroatoms. The number of nitrogens with two attached hydrogens (primary N) is 1. The molecule has 0 radical (unpaired) electrons. The quantitative estimate of drug-likeness (QED) is 0.661. The van der Waals surface area contributed by atoms with Gasteiger partial charge in [0.1, 0.15) is 16.9 Å². The summed E-state index contributed by atoms with van der Waals surface area (Å²) < 4.78 is 7.89. The fourth-order valence-corrected chi connectivity index (χ4v) is 4.06. The summed E-state index contributed by atoms with van der Waals surface area (Å²) in [5.74, 6) is 1.66. The van der Waals surface area contributed by atoms with Gasteiger partial charge in [-0.15, -0.1) is 11.3 Å².